The van der Waals surface area contributed by atoms with Crippen LogP contribution in [0.3, 0.4) is 0 Å². The first-order valence-corrected chi connectivity index (χ1v) is 7.26. The average molecular weight is 344 g/mol. The van der Waals surface area contributed by atoms with Crippen LogP contribution >= 0.6 is 15.9 Å². The lowest BCUT2D eigenvalue weighted by Gasteiger charge is -2.35. The van der Waals surface area contributed by atoms with Gasteiger partial charge in [0.05, 0.1) is 16.5 Å². The number of rotatable bonds is 3. The van der Waals surface area contributed by atoms with E-state index in [2.05, 4.69) is 15.9 Å². The largest absolute Gasteiger partial charge is 0.481 e. The second-order valence-electron chi connectivity index (χ2n) is 4.85. The van der Waals surface area contributed by atoms with Crippen LogP contribution in [0.4, 0.5) is 4.39 Å². The topological polar surface area (TPSA) is 57.6 Å². The van der Waals surface area contributed by atoms with Crippen molar-refractivity contribution in [2.24, 2.45) is 0 Å². The Hall–Kier alpha value is -1.43. The number of carboxylic acids is 1. The fraction of sp³-hybridized carbons (Fsp3) is 0.429. The molecule has 108 valence electrons. The normalized spacial score (nSPS) is 18.9. The lowest BCUT2D eigenvalue weighted by atomic mass is 9.98. The van der Waals surface area contributed by atoms with E-state index in [1.54, 1.807) is 11.0 Å². The monoisotopic (exact) mass is 343 g/mol. The van der Waals surface area contributed by atoms with Gasteiger partial charge in [-0.2, -0.15) is 0 Å². The standard InChI is InChI=1S/C14H15BrFNO3/c15-13-10(5-3-6-11(13)16)14(20)17-7-2-1-4-9(17)8-12(18)19/h3,5-6,9H,1-2,4,7-8H2,(H,18,19). The van der Waals surface area contributed by atoms with Crippen molar-refractivity contribution in [2.45, 2.75) is 31.7 Å². The number of piperidine rings is 1. The third-order valence-electron chi connectivity index (χ3n) is 3.48. The number of carbonyl (C=O) groups is 2. The fourth-order valence-electron chi connectivity index (χ4n) is 2.51. The van der Waals surface area contributed by atoms with Crippen LogP contribution in [0.5, 0.6) is 0 Å². The lowest BCUT2D eigenvalue weighted by Crippen LogP contribution is -2.44. The van der Waals surface area contributed by atoms with Crippen molar-refractivity contribution in [3.05, 3.63) is 34.1 Å². The molecule has 0 saturated carbocycles. The molecule has 1 heterocycles. The Morgan fingerprint density at radius 1 is 1.40 bits per heavy atom. The number of hydrogen-bond donors (Lipinski definition) is 1. The van der Waals surface area contributed by atoms with Crippen LogP contribution < -0.4 is 0 Å². The zero-order chi connectivity index (χ0) is 14.7. The molecule has 1 aromatic rings. The van der Waals surface area contributed by atoms with E-state index in [9.17, 15) is 14.0 Å². The third-order valence-corrected chi connectivity index (χ3v) is 4.29. The molecule has 2 rings (SSSR count). The average Bonchev–Trinajstić information content (AvgIpc) is 2.41. The minimum absolute atomic E-state index is 0.0708. The van der Waals surface area contributed by atoms with E-state index in [-0.39, 0.29) is 28.4 Å². The molecule has 1 amide bonds. The Labute approximate surface area is 124 Å². The fourth-order valence-corrected chi connectivity index (χ4v) is 2.94. The molecule has 0 bridgehead atoms. The summed E-state index contributed by atoms with van der Waals surface area (Å²) in [4.78, 5) is 24.9. The highest BCUT2D eigenvalue weighted by Crippen LogP contribution is 2.26. The molecular weight excluding hydrogens is 329 g/mol. The highest BCUT2D eigenvalue weighted by atomic mass is 79.9. The molecule has 4 nitrogen and oxygen atoms in total. The first-order valence-electron chi connectivity index (χ1n) is 6.47. The molecule has 20 heavy (non-hydrogen) atoms. The Bertz CT molecular complexity index is 535. The number of aliphatic carboxylic acids is 1. The van der Waals surface area contributed by atoms with Crippen LogP contribution in [0.2, 0.25) is 0 Å². The van der Waals surface area contributed by atoms with Gasteiger partial charge in [0.1, 0.15) is 5.82 Å². The molecule has 1 N–H and O–H groups in total. The first kappa shape index (κ1) is 15.0. The molecule has 6 heteroatoms. The highest BCUT2D eigenvalue weighted by molar-refractivity contribution is 9.10. The van der Waals surface area contributed by atoms with Gasteiger partial charge >= 0.3 is 5.97 Å². The van der Waals surface area contributed by atoms with E-state index < -0.39 is 11.8 Å². The van der Waals surface area contributed by atoms with Crippen LogP contribution in [0.15, 0.2) is 22.7 Å². The van der Waals surface area contributed by atoms with Gasteiger partial charge in [0.2, 0.25) is 0 Å². The quantitative estimate of drug-likeness (QED) is 0.917. The Kier molecular flexibility index (Phi) is 4.75. The molecular formula is C14H15BrFNO3. The molecule has 0 aliphatic carbocycles. The molecule has 0 aromatic heterocycles. The summed E-state index contributed by atoms with van der Waals surface area (Å²) in [6, 6.07) is 3.97. The van der Waals surface area contributed by atoms with Crippen LogP contribution in [0.1, 0.15) is 36.0 Å². The summed E-state index contributed by atoms with van der Waals surface area (Å²) in [5.74, 6) is -1.74. The summed E-state index contributed by atoms with van der Waals surface area (Å²) in [6.07, 6.45) is 2.35. The molecule has 0 radical (unpaired) electrons. The van der Waals surface area contributed by atoms with Gasteiger partial charge in [-0.05, 0) is 47.3 Å². The van der Waals surface area contributed by atoms with E-state index in [0.29, 0.717) is 13.0 Å². The predicted molar refractivity (Wildman–Crippen MR) is 75.0 cm³/mol. The number of amides is 1. The number of likely N-dealkylation sites (tertiary alicyclic amines) is 1. The molecule has 1 aliphatic heterocycles. The molecule has 1 saturated heterocycles. The maximum Gasteiger partial charge on any atom is 0.305 e. The summed E-state index contributed by atoms with van der Waals surface area (Å²) in [5, 5.41) is 8.93. The maximum absolute atomic E-state index is 13.5. The Morgan fingerprint density at radius 2 is 2.15 bits per heavy atom. The molecule has 1 aromatic carbocycles. The number of carbonyl (C=O) groups excluding carboxylic acids is 1. The lowest BCUT2D eigenvalue weighted by molar-refractivity contribution is -0.138. The van der Waals surface area contributed by atoms with E-state index in [0.717, 1.165) is 12.8 Å². The number of carboxylic acid groups (broad SMARTS) is 1. The summed E-state index contributed by atoms with van der Waals surface area (Å²) in [7, 11) is 0. The first-order chi connectivity index (χ1) is 9.50. The summed E-state index contributed by atoms with van der Waals surface area (Å²) < 4.78 is 13.6. The van der Waals surface area contributed by atoms with Gasteiger partial charge < -0.3 is 10.0 Å². The van der Waals surface area contributed by atoms with E-state index in [1.807, 2.05) is 0 Å². The minimum atomic E-state index is -0.923. The van der Waals surface area contributed by atoms with E-state index in [1.165, 1.54) is 12.1 Å². The smallest absolute Gasteiger partial charge is 0.305 e. The van der Waals surface area contributed by atoms with Crippen molar-refractivity contribution in [1.82, 2.24) is 4.90 Å². The zero-order valence-electron chi connectivity index (χ0n) is 10.8. The van der Waals surface area contributed by atoms with E-state index in [4.69, 9.17) is 5.11 Å². The van der Waals surface area contributed by atoms with Crippen LogP contribution in [-0.2, 0) is 4.79 Å². The van der Waals surface area contributed by atoms with Crippen molar-refractivity contribution in [1.29, 1.82) is 0 Å². The maximum atomic E-state index is 13.5. The molecule has 0 spiro atoms. The number of halogens is 2. The molecule has 1 atom stereocenters. The summed E-state index contributed by atoms with van der Waals surface area (Å²) in [6.45, 7) is 0.514. The minimum Gasteiger partial charge on any atom is -0.481 e. The van der Waals surface area contributed by atoms with Gasteiger partial charge in [0, 0.05) is 12.6 Å². The second kappa shape index (κ2) is 6.35. The van der Waals surface area contributed by atoms with E-state index >= 15 is 0 Å². The van der Waals surface area contributed by atoms with Gasteiger partial charge in [-0.25, -0.2) is 4.39 Å². The second-order valence-corrected chi connectivity index (χ2v) is 5.64. The van der Waals surface area contributed by atoms with Gasteiger partial charge in [-0.3, -0.25) is 9.59 Å². The SMILES string of the molecule is O=C(O)CC1CCCCN1C(=O)c1cccc(F)c1Br. The summed E-state index contributed by atoms with van der Waals surface area (Å²) in [5.41, 5.74) is 0.238. The molecule has 1 aliphatic rings. The number of benzene rings is 1. The summed E-state index contributed by atoms with van der Waals surface area (Å²) >= 11 is 3.08. The van der Waals surface area contributed by atoms with Crippen LogP contribution in [-0.4, -0.2) is 34.5 Å². The van der Waals surface area contributed by atoms with Crippen molar-refractivity contribution >= 4 is 27.8 Å². The van der Waals surface area contributed by atoms with Gasteiger partial charge in [-0.1, -0.05) is 6.07 Å². The molecule has 1 unspecified atom stereocenters. The van der Waals surface area contributed by atoms with Crippen LogP contribution in [0.25, 0.3) is 0 Å². The van der Waals surface area contributed by atoms with Crippen molar-refractivity contribution in [3.8, 4) is 0 Å². The number of hydrogen-bond acceptors (Lipinski definition) is 2. The van der Waals surface area contributed by atoms with Gasteiger partial charge in [0.15, 0.2) is 0 Å². The Morgan fingerprint density at radius 3 is 2.85 bits per heavy atom. The van der Waals surface area contributed by atoms with Gasteiger partial charge in [0.25, 0.3) is 5.91 Å². The van der Waals surface area contributed by atoms with Gasteiger partial charge in [-0.15, -0.1) is 0 Å². The Balaban J connectivity index is 2.25. The predicted octanol–water partition coefficient (Wildman–Crippen LogP) is 3.06. The molecule has 1 fully saturated rings. The number of nitrogens with zero attached hydrogens (tertiary/aromatic N) is 1. The van der Waals surface area contributed by atoms with Crippen LogP contribution in [0, 0.1) is 5.82 Å². The zero-order valence-corrected chi connectivity index (χ0v) is 12.4. The van der Waals surface area contributed by atoms with Crippen molar-refractivity contribution < 1.29 is 19.1 Å². The third kappa shape index (κ3) is 3.17. The van der Waals surface area contributed by atoms with Crippen molar-refractivity contribution in [2.75, 3.05) is 6.54 Å². The highest BCUT2D eigenvalue weighted by Gasteiger charge is 2.30. The van der Waals surface area contributed by atoms with Crippen molar-refractivity contribution in [3.63, 3.8) is 0 Å².